The molecule has 0 saturated heterocycles. The van der Waals surface area contributed by atoms with Crippen molar-refractivity contribution >= 4 is 5.91 Å². The highest BCUT2D eigenvalue weighted by Crippen LogP contribution is 2.02. The number of amides is 1. The van der Waals surface area contributed by atoms with E-state index < -0.39 is 0 Å². The first-order valence-corrected chi connectivity index (χ1v) is 4.66. The number of imidazole rings is 1. The van der Waals surface area contributed by atoms with Gasteiger partial charge in [0.05, 0.1) is 12.5 Å². The Hall–Kier alpha value is -1.36. The van der Waals surface area contributed by atoms with E-state index in [1.807, 2.05) is 6.92 Å². The van der Waals surface area contributed by atoms with Crippen molar-refractivity contribution in [2.75, 3.05) is 19.6 Å². The largest absolute Gasteiger partial charge is 0.336 e. The van der Waals surface area contributed by atoms with Gasteiger partial charge in [0, 0.05) is 26.7 Å². The van der Waals surface area contributed by atoms with Crippen LogP contribution >= 0.6 is 0 Å². The number of carbonyl (C=O) groups is 1. The van der Waals surface area contributed by atoms with Gasteiger partial charge in [0.25, 0.3) is 5.91 Å². The lowest BCUT2D eigenvalue weighted by atomic mass is 10.3. The Morgan fingerprint density at radius 3 is 2.86 bits per heavy atom. The van der Waals surface area contributed by atoms with Gasteiger partial charge in [-0.05, 0) is 6.92 Å². The standard InChI is InChI=1S/C9H16N4O/c1-3-13(5-4-10)9(14)8-6-11-7-12(8)2/h6-7H,3-5,10H2,1-2H3. The minimum atomic E-state index is -0.0158. The molecule has 0 bridgehead atoms. The number of rotatable bonds is 4. The molecule has 2 N–H and O–H groups in total. The van der Waals surface area contributed by atoms with E-state index in [1.165, 1.54) is 0 Å². The zero-order chi connectivity index (χ0) is 10.6. The summed E-state index contributed by atoms with van der Waals surface area (Å²) in [5, 5.41) is 0. The molecule has 1 amide bonds. The van der Waals surface area contributed by atoms with Gasteiger partial charge in [-0.15, -0.1) is 0 Å². The third-order valence-corrected chi connectivity index (χ3v) is 2.10. The van der Waals surface area contributed by atoms with Gasteiger partial charge in [0.2, 0.25) is 0 Å². The summed E-state index contributed by atoms with van der Waals surface area (Å²) in [5.74, 6) is -0.0158. The Labute approximate surface area is 83.5 Å². The molecule has 14 heavy (non-hydrogen) atoms. The van der Waals surface area contributed by atoms with E-state index in [2.05, 4.69) is 4.98 Å². The second kappa shape index (κ2) is 4.76. The summed E-state index contributed by atoms with van der Waals surface area (Å²) in [5.41, 5.74) is 6.02. The second-order valence-corrected chi connectivity index (χ2v) is 3.06. The van der Waals surface area contributed by atoms with Crippen molar-refractivity contribution < 1.29 is 4.79 Å². The zero-order valence-electron chi connectivity index (χ0n) is 8.60. The predicted octanol–water partition coefficient (Wildman–Crippen LogP) is -0.159. The molecule has 5 nitrogen and oxygen atoms in total. The molecule has 0 atom stereocenters. The SMILES string of the molecule is CCN(CCN)C(=O)c1cncn1C. The molecule has 1 rings (SSSR count). The lowest BCUT2D eigenvalue weighted by Crippen LogP contribution is -2.36. The van der Waals surface area contributed by atoms with Crippen molar-refractivity contribution in [3.63, 3.8) is 0 Å². The number of nitrogens with zero attached hydrogens (tertiary/aromatic N) is 3. The third kappa shape index (κ3) is 2.11. The molecule has 78 valence electrons. The fraction of sp³-hybridized carbons (Fsp3) is 0.556. The number of aryl methyl sites for hydroxylation is 1. The van der Waals surface area contributed by atoms with Crippen LogP contribution in [0.5, 0.6) is 0 Å². The first kappa shape index (κ1) is 10.7. The molecular formula is C9H16N4O. The maximum atomic E-state index is 11.9. The molecule has 5 heteroatoms. The predicted molar refractivity (Wildman–Crippen MR) is 53.8 cm³/mol. The first-order valence-electron chi connectivity index (χ1n) is 4.66. The van der Waals surface area contributed by atoms with Crippen molar-refractivity contribution in [1.82, 2.24) is 14.5 Å². The molecule has 1 aromatic heterocycles. The molecule has 0 aliphatic carbocycles. The minimum Gasteiger partial charge on any atom is -0.336 e. The molecular weight excluding hydrogens is 180 g/mol. The van der Waals surface area contributed by atoms with Gasteiger partial charge in [0.1, 0.15) is 5.69 Å². The van der Waals surface area contributed by atoms with Crippen LogP contribution in [0.3, 0.4) is 0 Å². The summed E-state index contributed by atoms with van der Waals surface area (Å²) < 4.78 is 1.71. The first-order chi connectivity index (χ1) is 6.70. The Morgan fingerprint density at radius 1 is 1.71 bits per heavy atom. The lowest BCUT2D eigenvalue weighted by molar-refractivity contribution is 0.0759. The third-order valence-electron chi connectivity index (χ3n) is 2.10. The van der Waals surface area contributed by atoms with Gasteiger partial charge in [-0.2, -0.15) is 0 Å². The van der Waals surface area contributed by atoms with Crippen LogP contribution < -0.4 is 5.73 Å². The van der Waals surface area contributed by atoms with Gasteiger partial charge in [-0.1, -0.05) is 0 Å². The normalized spacial score (nSPS) is 10.2. The molecule has 0 unspecified atom stereocenters. The van der Waals surface area contributed by atoms with Gasteiger partial charge in [-0.25, -0.2) is 4.98 Å². The minimum absolute atomic E-state index is 0.0158. The van der Waals surface area contributed by atoms with Crippen LogP contribution in [0.1, 0.15) is 17.4 Å². The van der Waals surface area contributed by atoms with Crippen LogP contribution in [-0.2, 0) is 7.05 Å². The topological polar surface area (TPSA) is 64.2 Å². The van der Waals surface area contributed by atoms with Crippen LogP contribution in [0.15, 0.2) is 12.5 Å². The van der Waals surface area contributed by atoms with Gasteiger partial charge < -0.3 is 15.2 Å². The molecule has 0 radical (unpaired) electrons. The van der Waals surface area contributed by atoms with Crippen molar-refractivity contribution in [3.05, 3.63) is 18.2 Å². The van der Waals surface area contributed by atoms with E-state index in [0.29, 0.717) is 25.3 Å². The van der Waals surface area contributed by atoms with Crippen molar-refractivity contribution in [3.8, 4) is 0 Å². The fourth-order valence-corrected chi connectivity index (χ4v) is 1.28. The molecule has 0 saturated carbocycles. The smallest absolute Gasteiger partial charge is 0.272 e. The average molecular weight is 196 g/mol. The number of hydrogen-bond acceptors (Lipinski definition) is 3. The van der Waals surface area contributed by atoms with E-state index in [9.17, 15) is 4.79 Å². The van der Waals surface area contributed by atoms with E-state index in [1.54, 1.807) is 29.0 Å². The Bertz CT molecular complexity index is 308. The maximum Gasteiger partial charge on any atom is 0.272 e. The number of hydrogen-bond donors (Lipinski definition) is 1. The number of carbonyl (C=O) groups excluding carboxylic acids is 1. The highest BCUT2D eigenvalue weighted by Gasteiger charge is 2.15. The number of aromatic nitrogens is 2. The molecule has 0 fully saturated rings. The maximum absolute atomic E-state index is 11.9. The fourth-order valence-electron chi connectivity index (χ4n) is 1.28. The van der Waals surface area contributed by atoms with Crippen LogP contribution in [0.25, 0.3) is 0 Å². The summed E-state index contributed by atoms with van der Waals surface area (Å²) in [6.45, 7) is 3.67. The summed E-state index contributed by atoms with van der Waals surface area (Å²) in [4.78, 5) is 17.5. The van der Waals surface area contributed by atoms with Crippen LogP contribution in [0, 0.1) is 0 Å². The number of nitrogens with two attached hydrogens (primary N) is 1. The Balaban J connectivity index is 2.78. The molecule has 0 aliphatic rings. The lowest BCUT2D eigenvalue weighted by Gasteiger charge is -2.19. The van der Waals surface area contributed by atoms with E-state index in [-0.39, 0.29) is 5.91 Å². The summed E-state index contributed by atoms with van der Waals surface area (Å²) in [7, 11) is 1.80. The van der Waals surface area contributed by atoms with E-state index in [0.717, 1.165) is 0 Å². The zero-order valence-corrected chi connectivity index (χ0v) is 8.60. The summed E-state index contributed by atoms with van der Waals surface area (Å²) in [6.07, 6.45) is 3.19. The summed E-state index contributed by atoms with van der Waals surface area (Å²) >= 11 is 0. The average Bonchev–Trinajstić information content (AvgIpc) is 2.59. The van der Waals surface area contributed by atoms with Crippen molar-refractivity contribution in [2.24, 2.45) is 12.8 Å². The van der Waals surface area contributed by atoms with E-state index >= 15 is 0 Å². The highest BCUT2D eigenvalue weighted by atomic mass is 16.2. The van der Waals surface area contributed by atoms with Crippen LogP contribution in [0.4, 0.5) is 0 Å². The second-order valence-electron chi connectivity index (χ2n) is 3.06. The Morgan fingerprint density at radius 2 is 2.43 bits per heavy atom. The van der Waals surface area contributed by atoms with Crippen molar-refractivity contribution in [1.29, 1.82) is 0 Å². The molecule has 0 aliphatic heterocycles. The summed E-state index contributed by atoms with van der Waals surface area (Å²) in [6, 6.07) is 0. The van der Waals surface area contributed by atoms with Gasteiger partial charge in [0.15, 0.2) is 0 Å². The van der Waals surface area contributed by atoms with E-state index in [4.69, 9.17) is 5.73 Å². The van der Waals surface area contributed by atoms with Crippen molar-refractivity contribution in [2.45, 2.75) is 6.92 Å². The number of likely N-dealkylation sites (N-methyl/N-ethyl adjacent to an activating group) is 1. The molecule has 1 heterocycles. The van der Waals surface area contributed by atoms with Gasteiger partial charge in [-0.3, -0.25) is 4.79 Å². The molecule has 0 spiro atoms. The van der Waals surface area contributed by atoms with Gasteiger partial charge >= 0.3 is 0 Å². The molecule has 0 aromatic carbocycles. The quantitative estimate of drug-likeness (QED) is 0.727. The highest BCUT2D eigenvalue weighted by molar-refractivity contribution is 5.92. The monoisotopic (exact) mass is 196 g/mol. The molecule has 1 aromatic rings. The van der Waals surface area contributed by atoms with Crippen LogP contribution in [0.2, 0.25) is 0 Å². The Kier molecular flexibility index (Phi) is 3.64. The van der Waals surface area contributed by atoms with Crippen LogP contribution in [-0.4, -0.2) is 40.0 Å².